The molecule has 1 saturated heterocycles. The molecule has 2 nitrogen and oxygen atoms in total. The van der Waals surface area contributed by atoms with E-state index >= 15 is 0 Å². The van der Waals surface area contributed by atoms with E-state index in [0.717, 1.165) is 6.42 Å². The second-order valence-corrected chi connectivity index (χ2v) is 4.23. The van der Waals surface area contributed by atoms with Crippen LogP contribution in [-0.4, -0.2) is 18.0 Å². The van der Waals surface area contributed by atoms with Crippen LogP contribution in [0.3, 0.4) is 0 Å². The van der Waals surface area contributed by atoms with Crippen molar-refractivity contribution in [3.63, 3.8) is 0 Å². The summed E-state index contributed by atoms with van der Waals surface area (Å²) in [5.74, 6) is -0.319. The minimum absolute atomic E-state index is 0.0926. The van der Waals surface area contributed by atoms with Crippen LogP contribution >= 0.6 is 0 Å². The summed E-state index contributed by atoms with van der Waals surface area (Å²) in [5, 5.41) is 0. The van der Waals surface area contributed by atoms with Crippen molar-refractivity contribution in [2.45, 2.75) is 45.2 Å². The topological polar surface area (TPSA) is 18.5 Å². The molecule has 0 N–H and O–H groups in total. The maximum Gasteiger partial charge on any atom is 0.164 e. The summed E-state index contributed by atoms with van der Waals surface area (Å²) in [6.45, 7) is 11.8. The van der Waals surface area contributed by atoms with Gasteiger partial charge in [0.2, 0.25) is 0 Å². The SMILES string of the molecule is [CH][C@@H]1C[C@H]2OC(C)(C)O[C@H]2/C1=C/C. The Bertz CT molecular complexity index is 242. The van der Waals surface area contributed by atoms with E-state index in [9.17, 15) is 0 Å². The van der Waals surface area contributed by atoms with Gasteiger partial charge in [0.15, 0.2) is 5.79 Å². The van der Waals surface area contributed by atoms with Gasteiger partial charge in [-0.1, -0.05) is 6.08 Å². The van der Waals surface area contributed by atoms with Gasteiger partial charge in [-0.25, -0.2) is 0 Å². The Morgan fingerprint density at radius 3 is 2.77 bits per heavy atom. The van der Waals surface area contributed by atoms with Crippen molar-refractivity contribution in [3.8, 4) is 0 Å². The van der Waals surface area contributed by atoms with Gasteiger partial charge < -0.3 is 9.47 Å². The summed E-state index contributed by atoms with van der Waals surface area (Å²) < 4.78 is 11.5. The lowest BCUT2D eigenvalue weighted by molar-refractivity contribution is -0.148. The standard InChI is InChI=1S/C11H16O2/c1-5-8-7(2)6-9-10(8)13-11(3,4)12-9/h2,5,7,9-10H,6H2,1,3-4H3/b8-5+/t7-,9-,10+/m1/s1. The highest BCUT2D eigenvalue weighted by molar-refractivity contribution is 5.22. The smallest absolute Gasteiger partial charge is 0.164 e. The zero-order valence-corrected chi connectivity index (χ0v) is 8.41. The number of rotatable bonds is 0. The van der Waals surface area contributed by atoms with Gasteiger partial charge in [0.25, 0.3) is 0 Å². The minimum atomic E-state index is -0.441. The molecule has 0 aromatic heterocycles. The molecule has 2 rings (SSSR count). The Balaban J connectivity index is 2.20. The number of fused-ring (bicyclic) bond motifs is 1. The van der Waals surface area contributed by atoms with E-state index in [4.69, 9.17) is 16.4 Å². The predicted molar refractivity (Wildman–Crippen MR) is 50.0 cm³/mol. The van der Waals surface area contributed by atoms with Crippen LogP contribution in [0.4, 0.5) is 0 Å². The molecule has 1 heterocycles. The van der Waals surface area contributed by atoms with Gasteiger partial charge in [0.05, 0.1) is 6.10 Å². The second-order valence-electron chi connectivity index (χ2n) is 4.23. The van der Waals surface area contributed by atoms with Crippen molar-refractivity contribution in [3.05, 3.63) is 18.6 Å². The van der Waals surface area contributed by atoms with Crippen molar-refractivity contribution in [2.24, 2.45) is 5.92 Å². The van der Waals surface area contributed by atoms with Crippen molar-refractivity contribution < 1.29 is 9.47 Å². The molecule has 2 heteroatoms. The van der Waals surface area contributed by atoms with Crippen LogP contribution in [-0.2, 0) is 9.47 Å². The highest BCUT2D eigenvalue weighted by Crippen LogP contribution is 2.43. The average molecular weight is 180 g/mol. The molecule has 3 atom stereocenters. The molecule has 1 aliphatic carbocycles. The molecule has 13 heavy (non-hydrogen) atoms. The molecule has 1 saturated carbocycles. The van der Waals surface area contributed by atoms with Gasteiger partial charge in [0.1, 0.15) is 6.10 Å². The first-order chi connectivity index (χ1) is 6.03. The van der Waals surface area contributed by atoms with Crippen molar-refractivity contribution in [1.29, 1.82) is 0 Å². The minimum Gasteiger partial charge on any atom is -0.344 e. The summed E-state index contributed by atoms with van der Waals surface area (Å²) in [5.41, 5.74) is 1.19. The molecule has 0 aromatic carbocycles. The van der Waals surface area contributed by atoms with E-state index < -0.39 is 5.79 Å². The maximum atomic E-state index is 5.94. The monoisotopic (exact) mass is 180 g/mol. The average Bonchev–Trinajstić information content (AvgIpc) is 2.39. The third-order valence-corrected chi connectivity index (χ3v) is 2.76. The Morgan fingerprint density at radius 2 is 2.15 bits per heavy atom. The number of ether oxygens (including phenoxy) is 2. The van der Waals surface area contributed by atoms with E-state index in [1.54, 1.807) is 0 Å². The summed E-state index contributed by atoms with van der Waals surface area (Å²) in [4.78, 5) is 0. The van der Waals surface area contributed by atoms with Crippen molar-refractivity contribution in [1.82, 2.24) is 0 Å². The fourth-order valence-corrected chi connectivity index (χ4v) is 2.27. The molecular weight excluding hydrogens is 164 g/mol. The zero-order chi connectivity index (χ0) is 9.64. The second kappa shape index (κ2) is 2.82. The molecule has 0 unspecified atom stereocenters. The van der Waals surface area contributed by atoms with Crippen LogP contribution in [0.15, 0.2) is 11.6 Å². The summed E-state index contributed by atoms with van der Waals surface area (Å²) in [6, 6.07) is 0. The fraction of sp³-hybridized carbons (Fsp3) is 0.727. The molecule has 0 amide bonds. The van der Waals surface area contributed by atoms with Crippen LogP contribution < -0.4 is 0 Å². The Morgan fingerprint density at radius 1 is 1.46 bits per heavy atom. The van der Waals surface area contributed by atoms with Gasteiger partial charge in [0, 0.05) is 0 Å². The van der Waals surface area contributed by atoms with Gasteiger partial charge >= 0.3 is 0 Å². The summed E-state index contributed by atoms with van der Waals surface area (Å²) >= 11 is 0. The van der Waals surface area contributed by atoms with E-state index in [0.29, 0.717) is 0 Å². The van der Waals surface area contributed by atoms with E-state index in [2.05, 4.69) is 6.08 Å². The van der Waals surface area contributed by atoms with E-state index in [-0.39, 0.29) is 18.1 Å². The summed E-state index contributed by atoms with van der Waals surface area (Å²) in [6.07, 6.45) is 3.19. The predicted octanol–water partition coefficient (Wildman–Crippen LogP) is 2.18. The van der Waals surface area contributed by atoms with Gasteiger partial charge in [-0.05, 0) is 45.6 Å². The lowest BCUT2D eigenvalue weighted by Crippen LogP contribution is -2.23. The molecule has 2 radical (unpaired) electrons. The fourth-order valence-electron chi connectivity index (χ4n) is 2.27. The van der Waals surface area contributed by atoms with Crippen LogP contribution in [0.2, 0.25) is 0 Å². The van der Waals surface area contributed by atoms with Gasteiger partial charge in [-0.2, -0.15) is 0 Å². The molecule has 0 spiro atoms. The zero-order valence-electron chi connectivity index (χ0n) is 8.41. The van der Waals surface area contributed by atoms with Gasteiger partial charge in [-0.3, -0.25) is 0 Å². The van der Waals surface area contributed by atoms with Crippen molar-refractivity contribution >= 4 is 0 Å². The molecule has 2 aliphatic rings. The molecule has 72 valence electrons. The third kappa shape index (κ3) is 1.42. The van der Waals surface area contributed by atoms with Crippen LogP contribution in [0.5, 0.6) is 0 Å². The molecule has 2 fully saturated rings. The lowest BCUT2D eigenvalue weighted by Gasteiger charge is -2.20. The Kier molecular flexibility index (Phi) is 2.00. The Labute approximate surface area is 79.9 Å². The van der Waals surface area contributed by atoms with E-state index in [1.807, 2.05) is 20.8 Å². The van der Waals surface area contributed by atoms with E-state index in [1.165, 1.54) is 5.57 Å². The molecule has 0 aromatic rings. The first-order valence-corrected chi connectivity index (χ1v) is 4.81. The largest absolute Gasteiger partial charge is 0.344 e. The first-order valence-electron chi connectivity index (χ1n) is 4.81. The normalized spacial score (nSPS) is 45.5. The molecule has 1 aliphatic heterocycles. The quantitative estimate of drug-likeness (QED) is 0.532. The van der Waals surface area contributed by atoms with Gasteiger partial charge in [-0.15, -0.1) is 0 Å². The van der Waals surface area contributed by atoms with Crippen LogP contribution in [0.1, 0.15) is 27.2 Å². The first kappa shape index (κ1) is 9.22. The number of hydrogen-bond acceptors (Lipinski definition) is 2. The maximum absolute atomic E-state index is 5.94. The van der Waals surface area contributed by atoms with Crippen molar-refractivity contribution in [2.75, 3.05) is 0 Å². The van der Waals surface area contributed by atoms with Crippen LogP contribution in [0, 0.1) is 12.8 Å². The lowest BCUT2D eigenvalue weighted by atomic mass is 10.0. The Hall–Kier alpha value is -0.340. The van der Waals surface area contributed by atoms with Crippen LogP contribution in [0.25, 0.3) is 0 Å². The highest BCUT2D eigenvalue weighted by Gasteiger charge is 2.48. The number of allylic oxidation sites excluding steroid dienone is 1. The number of hydrogen-bond donors (Lipinski definition) is 0. The third-order valence-electron chi connectivity index (χ3n) is 2.76. The highest BCUT2D eigenvalue weighted by atomic mass is 16.8. The summed E-state index contributed by atoms with van der Waals surface area (Å²) in [7, 11) is 0. The molecule has 0 bridgehead atoms. The molecular formula is C11H16O2.